The first kappa shape index (κ1) is 12.2. The van der Waals surface area contributed by atoms with Crippen LogP contribution in [0.3, 0.4) is 0 Å². The van der Waals surface area contributed by atoms with Crippen molar-refractivity contribution in [2.45, 2.75) is 31.5 Å². The van der Waals surface area contributed by atoms with Crippen molar-refractivity contribution < 1.29 is 8.78 Å². The van der Waals surface area contributed by atoms with Gasteiger partial charge in [0.2, 0.25) is 0 Å². The summed E-state index contributed by atoms with van der Waals surface area (Å²) in [6.45, 7) is 3.02. The molecular weight excluding hydrogens is 218 g/mol. The quantitative estimate of drug-likeness (QED) is 0.551. The van der Waals surface area contributed by atoms with Gasteiger partial charge in [0.1, 0.15) is 0 Å². The molecule has 2 nitrogen and oxygen atoms in total. The number of halogens is 2. The van der Waals surface area contributed by atoms with Crippen LogP contribution in [0.4, 0.5) is 8.78 Å². The minimum absolute atomic E-state index is 0.381. The standard InChI is InChI=1S/C10H14F2N2S/c1-2-6-14-7-5-13-10(14)15-8-3-4-9(11)12/h4-5,7H,2-3,6,8H2,1H3. The number of aryl methyl sites for hydroxylation is 1. The highest BCUT2D eigenvalue weighted by molar-refractivity contribution is 7.99. The van der Waals surface area contributed by atoms with Crippen molar-refractivity contribution in [3.8, 4) is 0 Å². The van der Waals surface area contributed by atoms with E-state index < -0.39 is 6.08 Å². The van der Waals surface area contributed by atoms with Crippen molar-refractivity contribution in [3.05, 3.63) is 24.6 Å². The van der Waals surface area contributed by atoms with Crippen molar-refractivity contribution in [1.82, 2.24) is 9.55 Å². The molecule has 0 amide bonds. The summed E-state index contributed by atoms with van der Waals surface area (Å²) in [5.74, 6) is 0.637. The maximum Gasteiger partial charge on any atom is 0.266 e. The number of allylic oxidation sites excluding steroid dienone is 1. The molecule has 0 aliphatic carbocycles. The minimum atomic E-state index is -1.60. The maximum absolute atomic E-state index is 11.7. The zero-order valence-electron chi connectivity index (χ0n) is 8.62. The van der Waals surface area contributed by atoms with Gasteiger partial charge in [0.15, 0.2) is 5.16 Å². The molecule has 0 saturated carbocycles. The zero-order chi connectivity index (χ0) is 11.1. The molecule has 1 rings (SSSR count). The van der Waals surface area contributed by atoms with Crippen LogP contribution in [0.15, 0.2) is 29.7 Å². The Labute approximate surface area is 92.4 Å². The van der Waals surface area contributed by atoms with Crippen molar-refractivity contribution in [1.29, 1.82) is 0 Å². The van der Waals surface area contributed by atoms with E-state index in [9.17, 15) is 8.78 Å². The number of thioether (sulfide) groups is 1. The van der Waals surface area contributed by atoms with Crippen LogP contribution in [0.25, 0.3) is 0 Å². The van der Waals surface area contributed by atoms with Crippen LogP contribution in [-0.4, -0.2) is 15.3 Å². The topological polar surface area (TPSA) is 17.8 Å². The van der Waals surface area contributed by atoms with Crippen LogP contribution < -0.4 is 0 Å². The highest BCUT2D eigenvalue weighted by Gasteiger charge is 2.01. The fraction of sp³-hybridized carbons (Fsp3) is 0.500. The fourth-order valence-corrected chi connectivity index (χ4v) is 2.04. The van der Waals surface area contributed by atoms with Gasteiger partial charge in [-0.15, -0.1) is 0 Å². The Morgan fingerprint density at radius 1 is 1.60 bits per heavy atom. The molecule has 0 bridgehead atoms. The molecule has 0 atom stereocenters. The SMILES string of the molecule is CCCn1ccnc1SCCC=C(F)F. The van der Waals surface area contributed by atoms with E-state index in [0.29, 0.717) is 12.2 Å². The average molecular weight is 232 g/mol. The summed E-state index contributed by atoms with van der Waals surface area (Å²) < 4.78 is 25.5. The lowest BCUT2D eigenvalue weighted by molar-refractivity contribution is 0.418. The van der Waals surface area contributed by atoms with Crippen LogP contribution >= 0.6 is 11.8 Å². The Balaban J connectivity index is 2.36. The molecule has 1 aromatic heterocycles. The largest absolute Gasteiger partial charge is 0.326 e. The Hall–Kier alpha value is -0.840. The normalized spacial score (nSPS) is 10.3. The van der Waals surface area contributed by atoms with Gasteiger partial charge in [-0.2, -0.15) is 8.78 Å². The third-order valence-corrected chi connectivity index (χ3v) is 2.83. The number of aromatic nitrogens is 2. The smallest absolute Gasteiger partial charge is 0.266 e. The van der Waals surface area contributed by atoms with Crippen molar-refractivity contribution in [3.63, 3.8) is 0 Å². The summed E-state index contributed by atoms with van der Waals surface area (Å²) in [4.78, 5) is 4.17. The summed E-state index contributed by atoms with van der Waals surface area (Å²) in [5, 5.41) is 0.907. The predicted molar refractivity (Wildman–Crippen MR) is 58.2 cm³/mol. The number of hydrogen-bond acceptors (Lipinski definition) is 2. The van der Waals surface area contributed by atoms with Gasteiger partial charge in [-0.25, -0.2) is 4.98 Å². The van der Waals surface area contributed by atoms with Gasteiger partial charge >= 0.3 is 0 Å². The number of hydrogen-bond donors (Lipinski definition) is 0. The molecule has 0 aliphatic heterocycles. The third-order valence-electron chi connectivity index (χ3n) is 1.79. The predicted octanol–water partition coefficient (Wildman–Crippen LogP) is 3.56. The lowest BCUT2D eigenvalue weighted by Gasteiger charge is -2.04. The van der Waals surface area contributed by atoms with Crippen LogP contribution in [0.2, 0.25) is 0 Å². The van der Waals surface area contributed by atoms with E-state index in [0.717, 1.165) is 24.2 Å². The summed E-state index contributed by atoms with van der Waals surface area (Å²) in [5.41, 5.74) is 0. The first-order valence-electron chi connectivity index (χ1n) is 4.89. The van der Waals surface area contributed by atoms with Gasteiger partial charge in [0, 0.05) is 24.7 Å². The Morgan fingerprint density at radius 3 is 3.07 bits per heavy atom. The molecule has 0 radical (unpaired) electrons. The molecule has 0 saturated heterocycles. The zero-order valence-corrected chi connectivity index (χ0v) is 9.44. The molecule has 84 valence electrons. The van der Waals surface area contributed by atoms with E-state index >= 15 is 0 Å². The van der Waals surface area contributed by atoms with E-state index in [4.69, 9.17) is 0 Å². The van der Waals surface area contributed by atoms with Gasteiger partial charge in [0.25, 0.3) is 6.08 Å². The first-order valence-corrected chi connectivity index (χ1v) is 5.87. The molecule has 0 N–H and O–H groups in total. The van der Waals surface area contributed by atoms with Gasteiger partial charge in [0.05, 0.1) is 0 Å². The number of rotatable bonds is 6. The lowest BCUT2D eigenvalue weighted by Crippen LogP contribution is -1.97. The Kier molecular flexibility index (Phi) is 5.39. The van der Waals surface area contributed by atoms with E-state index in [-0.39, 0.29) is 0 Å². The fourth-order valence-electron chi connectivity index (χ4n) is 1.16. The minimum Gasteiger partial charge on any atom is -0.326 e. The van der Waals surface area contributed by atoms with Crippen molar-refractivity contribution in [2.75, 3.05) is 5.75 Å². The molecule has 15 heavy (non-hydrogen) atoms. The molecule has 0 aromatic carbocycles. The molecule has 1 heterocycles. The van der Waals surface area contributed by atoms with Crippen LogP contribution in [0.5, 0.6) is 0 Å². The highest BCUT2D eigenvalue weighted by atomic mass is 32.2. The van der Waals surface area contributed by atoms with E-state index in [1.165, 1.54) is 11.8 Å². The van der Waals surface area contributed by atoms with E-state index in [2.05, 4.69) is 11.9 Å². The molecule has 0 unspecified atom stereocenters. The van der Waals surface area contributed by atoms with Gasteiger partial charge < -0.3 is 4.57 Å². The summed E-state index contributed by atoms with van der Waals surface area (Å²) >= 11 is 1.51. The lowest BCUT2D eigenvalue weighted by atomic mass is 10.5. The Bertz CT molecular complexity index is 319. The average Bonchev–Trinajstić information content (AvgIpc) is 2.61. The van der Waals surface area contributed by atoms with Gasteiger partial charge in [-0.3, -0.25) is 0 Å². The highest BCUT2D eigenvalue weighted by Crippen LogP contribution is 2.17. The summed E-state index contributed by atoms with van der Waals surface area (Å²) in [7, 11) is 0. The molecule has 1 aromatic rings. The second-order valence-electron chi connectivity index (χ2n) is 3.03. The van der Waals surface area contributed by atoms with Crippen LogP contribution in [0, 0.1) is 0 Å². The second-order valence-corrected chi connectivity index (χ2v) is 4.10. The molecular formula is C10H14F2N2S. The summed E-state index contributed by atoms with van der Waals surface area (Å²) in [6, 6.07) is 0. The van der Waals surface area contributed by atoms with E-state index in [1.807, 2.05) is 10.8 Å². The molecule has 0 spiro atoms. The molecule has 5 heteroatoms. The van der Waals surface area contributed by atoms with Crippen molar-refractivity contribution >= 4 is 11.8 Å². The molecule has 0 aliphatic rings. The van der Waals surface area contributed by atoms with Gasteiger partial charge in [-0.05, 0) is 18.9 Å². The van der Waals surface area contributed by atoms with Gasteiger partial charge in [-0.1, -0.05) is 18.7 Å². The Morgan fingerprint density at radius 2 is 2.40 bits per heavy atom. The molecule has 0 fully saturated rings. The first-order chi connectivity index (χ1) is 7.24. The number of nitrogens with zero attached hydrogens (tertiary/aromatic N) is 2. The van der Waals surface area contributed by atoms with E-state index in [1.54, 1.807) is 6.20 Å². The maximum atomic E-state index is 11.7. The second kappa shape index (κ2) is 6.61. The third kappa shape index (κ3) is 4.46. The van der Waals surface area contributed by atoms with Crippen molar-refractivity contribution in [2.24, 2.45) is 0 Å². The van der Waals surface area contributed by atoms with Crippen LogP contribution in [0.1, 0.15) is 19.8 Å². The summed E-state index contributed by atoms with van der Waals surface area (Å²) in [6.07, 6.45) is 4.42. The number of imidazole rings is 1. The monoisotopic (exact) mass is 232 g/mol. The van der Waals surface area contributed by atoms with Crippen LogP contribution in [-0.2, 0) is 6.54 Å².